The Balaban J connectivity index is 2.26. The number of aliphatic hydroxyl groups is 1. The van der Waals surface area contributed by atoms with Gasteiger partial charge >= 0.3 is 0 Å². The number of phenols is 1. The van der Waals surface area contributed by atoms with Gasteiger partial charge in [0.2, 0.25) is 0 Å². The van der Waals surface area contributed by atoms with Crippen LogP contribution in [0.25, 0.3) is 0 Å². The van der Waals surface area contributed by atoms with Gasteiger partial charge in [0.25, 0.3) is 0 Å². The van der Waals surface area contributed by atoms with E-state index in [9.17, 15) is 14.6 Å². The largest absolute Gasteiger partial charge is 0.506 e. The molecule has 0 saturated heterocycles. The molecular weight excluding hydrogens is 281 g/mol. The van der Waals surface area contributed by atoms with Crippen LogP contribution in [0.2, 0.25) is 5.02 Å². The lowest BCUT2D eigenvalue weighted by atomic mass is 10.1. The van der Waals surface area contributed by atoms with E-state index < -0.39 is 6.04 Å². The van der Waals surface area contributed by atoms with Crippen molar-refractivity contribution in [2.24, 2.45) is 0 Å². The summed E-state index contributed by atoms with van der Waals surface area (Å²) in [5.41, 5.74) is 2.07. The molecule has 2 rings (SSSR count). The first-order valence-electron chi connectivity index (χ1n) is 6.12. The normalized spacial score (nSPS) is 12.2. The molecule has 0 bridgehead atoms. The van der Waals surface area contributed by atoms with Gasteiger partial charge in [-0.25, -0.2) is 4.39 Å². The summed E-state index contributed by atoms with van der Waals surface area (Å²) < 4.78 is 13.3. The Kier molecular flexibility index (Phi) is 4.47. The number of aliphatic hydroxyl groups excluding tert-OH is 1. The highest BCUT2D eigenvalue weighted by atomic mass is 35.5. The molecule has 5 heteroatoms. The molecule has 0 spiro atoms. The molecule has 0 aliphatic heterocycles. The van der Waals surface area contributed by atoms with Crippen LogP contribution in [0.4, 0.5) is 10.1 Å². The van der Waals surface area contributed by atoms with E-state index in [1.165, 1.54) is 18.2 Å². The first kappa shape index (κ1) is 14.6. The smallest absolute Gasteiger partial charge is 0.134 e. The maximum atomic E-state index is 13.3. The first-order valence-corrected chi connectivity index (χ1v) is 6.50. The van der Waals surface area contributed by atoms with Gasteiger partial charge in [-0.1, -0.05) is 17.7 Å². The van der Waals surface area contributed by atoms with Crippen molar-refractivity contribution in [3.05, 3.63) is 58.4 Å². The van der Waals surface area contributed by atoms with Crippen molar-refractivity contribution in [3.63, 3.8) is 0 Å². The summed E-state index contributed by atoms with van der Waals surface area (Å²) in [5.74, 6) is -0.360. The lowest BCUT2D eigenvalue weighted by Crippen LogP contribution is -2.15. The van der Waals surface area contributed by atoms with Gasteiger partial charge in [0.15, 0.2) is 0 Å². The van der Waals surface area contributed by atoms with Crippen LogP contribution in [-0.2, 0) is 0 Å². The van der Waals surface area contributed by atoms with E-state index >= 15 is 0 Å². The maximum Gasteiger partial charge on any atom is 0.134 e. The summed E-state index contributed by atoms with van der Waals surface area (Å²) in [5, 5.41) is 22.1. The van der Waals surface area contributed by atoms with Crippen molar-refractivity contribution >= 4 is 17.3 Å². The summed E-state index contributed by atoms with van der Waals surface area (Å²) in [7, 11) is 0. The molecule has 3 nitrogen and oxygen atoms in total. The zero-order chi connectivity index (χ0) is 14.7. The highest BCUT2D eigenvalue weighted by molar-refractivity contribution is 6.32. The molecular formula is C15H15ClFNO2. The average Bonchev–Trinajstić information content (AvgIpc) is 2.38. The molecule has 0 heterocycles. The monoisotopic (exact) mass is 295 g/mol. The van der Waals surface area contributed by atoms with Gasteiger partial charge in [0, 0.05) is 5.69 Å². The molecule has 2 aromatic rings. The first-order chi connectivity index (χ1) is 9.49. The van der Waals surface area contributed by atoms with Gasteiger partial charge in [0.1, 0.15) is 11.6 Å². The molecule has 0 aliphatic carbocycles. The van der Waals surface area contributed by atoms with Crippen molar-refractivity contribution in [2.45, 2.75) is 13.0 Å². The molecule has 2 aromatic carbocycles. The highest BCUT2D eigenvalue weighted by Crippen LogP contribution is 2.28. The Bertz CT molecular complexity index is 599. The van der Waals surface area contributed by atoms with E-state index in [4.69, 9.17) is 11.6 Å². The van der Waals surface area contributed by atoms with Crippen molar-refractivity contribution < 1.29 is 14.6 Å². The Morgan fingerprint density at radius 2 is 2.00 bits per heavy atom. The topological polar surface area (TPSA) is 52.5 Å². The number of hydrogen-bond acceptors (Lipinski definition) is 3. The predicted octanol–water partition coefficient (Wildman–Crippen LogP) is 3.64. The van der Waals surface area contributed by atoms with Gasteiger partial charge < -0.3 is 15.5 Å². The Labute approximate surface area is 121 Å². The number of aromatic hydroxyl groups is 1. The van der Waals surface area contributed by atoms with Crippen LogP contribution in [0.3, 0.4) is 0 Å². The summed E-state index contributed by atoms with van der Waals surface area (Å²) >= 11 is 5.85. The Morgan fingerprint density at radius 3 is 2.60 bits per heavy atom. The molecule has 106 valence electrons. The fraction of sp³-hybridized carbons (Fsp3) is 0.200. The average molecular weight is 296 g/mol. The molecule has 0 aromatic heterocycles. The van der Waals surface area contributed by atoms with E-state index in [0.717, 1.165) is 5.56 Å². The molecule has 20 heavy (non-hydrogen) atoms. The van der Waals surface area contributed by atoms with Crippen molar-refractivity contribution in [3.8, 4) is 5.75 Å². The number of anilines is 1. The molecule has 0 amide bonds. The van der Waals surface area contributed by atoms with Crippen LogP contribution in [0, 0.1) is 12.7 Å². The predicted molar refractivity (Wildman–Crippen MR) is 77.7 cm³/mol. The second kappa shape index (κ2) is 6.11. The van der Waals surface area contributed by atoms with E-state index in [1.54, 1.807) is 25.1 Å². The minimum atomic E-state index is -0.436. The second-order valence-electron chi connectivity index (χ2n) is 4.61. The fourth-order valence-electron chi connectivity index (χ4n) is 2.00. The summed E-state index contributed by atoms with van der Waals surface area (Å²) in [6.07, 6.45) is 0. The molecule has 1 unspecified atom stereocenters. The van der Waals surface area contributed by atoms with Crippen LogP contribution in [-0.4, -0.2) is 16.8 Å². The summed E-state index contributed by atoms with van der Waals surface area (Å²) in [6, 6.07) is 8.81. The number of phenolic OH excluding ortho intramolecular Hbond substituents is 1. The summed E-state index contributed by atoms with van der Waals surface area (Å²) in [4.78, 5) is 0. The van der Waals surface area contributed by atoms with E-state index in [2.05, 4.69) is 5.32 Å². The lowest BCUT2D eigenvalue weighted by molar-refractivity contribution is 0.276. The summed E-state index contributed by atoms with van der Waals surface area (Å²) in [6.45, 7) is 1.61. The fourth-order valence-corrected chi connectivity index (χ4v) is 2.18. The second-order valence-corrected chi connectivity index (χ2v) is 5.01. The van der Waals surface area contributed by atoms with Gasteiger partial charge in [-0.3, -0.25) is 0 Å². The number of halogens is 2. The standard InChI is InChI=1S/C15H15ClFNO2/c1-9-4-11(17)7-12(5-9)18-14(8-19)10-2-3-15(20)13(16)6-10/h2-7,14,18-20H,8H2,1H3. The highest BCUT2D eigenvalue weighted by Gasteiger charge is 2.12. The van der Waals surface area contributed by atoms with Gasteiger partial charge in [0.05, 0.1) is 17.7 Å². The van der Waals surface area contributed by atoms with Gasteiger partial charge in [-0.05, 0) is 48.4 Å². The molecule has 0 aliphatic rings. The number of nitrogens with one attached hydrogen (secondary N) is 1. The van der Waals surface area contributed by atoms with Gasteiger partial charge in [-0.2, -0.15) is 0 Å². The van der Waals surface area contributed by atoms with E-state index in [-0.39, 0.29) is 23.2 Å². The van der Waals surface area contributed by atoms with E-state index in [1.807, 2.05) is 0 Å². The zero-order valence-corrected chi connectivity index (χ0v) is 11.7. The van der Waals surface area contributed by atoms with Crippen molar-refractivity contribution in [1.82, 2.24) is 0 Å². The van der Waals surface area contributed by atoms with Crippen LogP contribution in [0.15, 0.2) is 36.4 Å². The third-order valence-electron chi connectivity index (χ3n) is 2.94. The number of hydrogen-bond donors (Lipinski definition) is 3. The molecule has 3 N–H and O–H groups in total. The SMILES string of the molecule is Cc1cc(F)cc(NC(CO)c2ccc(O)c(Cl)c2)c1. The number of benzene rings is 2. The minimum absolute atomic E-state index is 0.0197. The minimum Gasteiger partial charge on any atom is -0.506 e. The third-order valence-corrected chi connectivity index (χ3v) is 3.24. The number of aryl methyl sites for hydroxylation is 1. The Hall–Kier alpha value is -1.78. The van der Waals surface area contributed by atoms with Crippen LogP contribution < -0.4 is 5.32 Å². The van der Waals surface area contributed by atoms with Crippen LogP contribution >= 0.6 is 11.6 Å². The Morgan fingerprint density at radius 1 is 1.25 bits per heavy atom. The quantitative estimate of drug-likeness (QED) is 0.807. The van der Waals surface area contributed by atoms with Crippen LogP contribution in [0.1, 0.15) is 17.2 Å². The molecule has 0 fully saturated rings. The number of rotatable bonds is 4. The van der Waals surface area contributed by atoms with Crippen LogP contribution in [0.5, 0.6) is 5.75 Å². The van der Waals surface area contributed by atoms with E-state index in [0.29, 0.717) is 11.3 Å². The third kappa shape index (κ3) is 3.40. The molecule has 0 saturated carbocycles. The molecule has 0 radical (unpaired) electrons. The van der Waals surface area contributed by atoms with Crippen molar-refractivity contribution in [1.29, 1.82) is 0 Å². The van der Waals surface area contributed by atoms with Crippen molar-refractivity contribution in [2.75, 3.05) is 11.9 Å². The molecule has 1 atom stereocenters. The van der Waals surface area contributed by atoms with Gasteiger partial charge in [-0.15, -0.1) is 0 Å². The lowest BCUT2D eigenvalue weighted by Gasteiger charge is -2.19. The zero-order valence-electron chi connectivity index (χ0n) is 10.9. The maximum absolute atomic E-state index is 13.3.